The maximum atomic E-state index is 2.50. The summed E-state index contributed by atoms with van der Waals surface area (Å²) in [5.74, 6) is 0. The molecule has 2 aromatic heterocycles. The van der Waals surface area contributed by atoms with Gasteiger partial charge in [0.05, 0.1) is 27.8 Å². The van der Waals surface area contributed by atoms with Gasteiger partial charge in [0.1, 0.15) is 0 Å². The van der Waals surface area contributed by atoms with Gasteiger partial charge >= 0.3 is 0 Å². The summed E-state index contributed by atoms with van der Waals surface area (Å²) < 4.78 is 4.99. The highest BCUT2D eigenvalue weighted by Gasteiger charge is 2.22. The van der Waals surface area contributed by atoms with Crippen LogP contribution >= 0.6 is 0 Å². The average Bonchev–Trinajstić information content (AvgIpc) is 3.78. The van der Waals surface area contributed by atoms with Crippen LogP contribution in [0.3, 0.4) is 0 Å². The van der Waals surface area contributed by atoms with Crippen LogP contribution in [0.4, 0.5) is 0 Å². The van der Waals surface area contributed by atoms with E-state index in [1.807, 2.05) is 0 Å². The van der Waals surface area contributed by atoms with Crippen LogP contribution in [-0.2, 0) is 12.8 Å². The summed E-state index contributed by atoms with van der Waals surface area (Å²) in [5.41, 5.74) is 12.6. The van der Waals surface area contributed by atoms with E-state index in [-0.39, 0.29) is 0 Å². The van der Waals surface area contributed by atoms with Crippen molar-refractivity contribution in [2.75, 3.05) is 0 Å². The first kappa shape index (κ1) is 33.7. The fourth-order valence-electron chi connectivity index (χ4n) is 9.82. The summed E-state index contributed by atoms with van der Waals surface area (Å²) in [6.45, 7) is 4.53. The molecule has 0 saturated heterocycles. The fraction of sp³-hybridized carbons (Fsp3) is 0.127. The van der Waals surface area contributed by atoms with Crippen LogP contribution in [0.1, 0.15) is 44.2 Å². The molecule has 2 heterocycles. The molecule has 0 aliphatic heterocycles. The molecule has 0 bridgehead atoms. The van der Waals surface area contributed by atoms with Crippen molar-refractivity contribution >= 4 is 75.9 Å². The quantitative estimate of drug-likeness (QED) is 0.138. The molecule has 0 fully saturated rings. The van der Waals surface area contributed by atoms with Crippen molar-refractivity contribution in [3.05, 3.63) is 181 Å². The fourth-order valence-corrected chi connectivity index (χ4v) is 9.82. The number of aromatic nitrogens is 2. The van der Waals surface area contributed by atoms with Gasteiger partial charge < -0.3 is 9.13 Å². The number of fused-ring (bicyclic) bond motifs is 13. The third-order valence-electron chi connectivity index (χ3n) is 12.4. The minimum absolute atomic E-state index is 1.08. The smallest absolute Gasteiger partial charge is 0.0549 e. The zero-order chi connectivity index (χ0) is 38.0. The van der Waals surface area contributed by atoms with Crippen molar-refractivity contribution in [1.29, 1.82) is 0 Å². The van der Waals surface area contributed by atoms with Gasteiger partial charge in [-0.15, -0.1) is 0 Å². The second kappa shape index (κ2) is 13.5. The third kappa shape index (κ3) is 5.24. The van der Waals surface area contributed by atoms with Crippen LogP contribution in [0.5, 0.6) is 0 Å². The van der Waals surface area contributed by atoms with Gasteiger partial charge in [0.25, 0.3) is 0 Å². The summed E-state index contributed by atoms with van der Waals surface area (Å²) in [7, 11) is 0. The Morgan fingerprint density at radius 1 is 0.368 bits per heavy atom. The Kier molecular flexibility index (Phi) is 8.00. The van der Waals surface area contributed by atoms with Crippen LogP contribution in [0.2, 0.25) is 0 Å². The summed E-state index contributed by atoms with van der Waals surface area (Å²) in [6.07, 6.45) is 5.76. The Morgan fingerprint density at radius 3 is 1.67 bits per heavy atom. The van der Waals surface area contributed by atoms with Gasteiger partial charge in [-0.1, -0.05) is 154 Å². The molecule has 2 nitrogen and oxygen atoms in total. The molecule has 11 rings (SSSR count). The predicted octanol–water partition coefficient (Wildman–Crippen LogP) is 15.3. The molecule has 9 aromatic carbocycles. The van der Waals surface area contributed by atoms with Gasteiger partial charge in [0.15, 0.2) is 0 Å². The molecule has 0 amide bonds. The van der Waals surface area contributed by atoms with Crippen LogP contribution in [0, 0.1) is 0 Å². The zero-order valence-electron chi connectivity index (χ0n) is 32.6. The van der Waals surface area contributed by atoms with E-state index in [2.05, 4.69) is 193 Å². The highest BCUT2D eigenvalue weighted by molar-refractivity contribution is 6.29. The van der Waals surface area contributed by atoms with E-state index in [1.165, 1.54) is 122 Å². The lowest BCUT2D eigenvalue weighted by Gasteiger charge is -2.15. The Morgan fingerprint density at radius 2 is 0.947 bits per heavy atom. The molecule has 11 aromatic rings. The number of rotatable bonds is 8. The summed E-state index contributed by atoms with van der Waals surface area (Å²) in [6, 6.07) is 64.0. The lowest BCUT2D eigenvalue weighted by molar-refractivity contribution is 0.796. The van der Waals surface area contributed by atoms with E-state index in [4.69, 9.17) is 0 Å². The Bertz CT molecular complexity index is 3340. The molecule has 0 unspecified atom stereocenters. The summed E-state index contributed by atoms with van der Waals surface area (Å²) in [4.78, 5) is 0. The molecule has 0 aliphatic rings. The molecule has 0 aliphatic carbocycles. The normalized spacial score (nSPS) is 12.0. The molecule has 0 radical (unpaired) electrons. The highest BCUT2D eigenvalue weighted by atomic mass is 15.0. The standard InChI is InChI=1S/C55H44N2/c1-3-5-16-37-27-29-43-44-30-28-39(35-48(44)42-21-7-6-20-41(42)47(43)34-37)56-50-25-12-9-22-45(50)54-52(56)31-32-53-55(54)46-23-10-13-26-51(46)57(53)49-24-11-8-19-40(49)38-18-14-17-36(33-38)15-4-2/h6-14,17-35H,3-5,15-16H2,1-2H3. The number of benzene rings is 9. The SMILES string of the molecule is CCCCc1ccc2c3ccc(-n4c5ccccc5c5c6c7ccccc7n(-c7ccccc7-c7cccc(CCC)c7)c6ccc54)cc3c3ccccc3c2c1. The number of hydrogen-bond donors (Lipinski definition) is 0. The van der Waals surface area contributed by atoms with Crippen molar-refractivity contribution < 1.29 is 0 Å². The first-order valence-corrected chi connectivity index (χ1v) is 20.7. The van der Waals surface area contributed by atoms with Crippen molar-refractivity contribution in [3.8, 4) is 22.5 Å². The summed E-state index contributed by atoms with van der Waals surface area (Å²) in [5, 5.41) is 13.0. The summed E-state index contributed by atoms with van der Waals surface area (Å²) >= 11 is 0. The number of nitrogens with zero attached hydrogens (tertiary/aromatic N) is 2. The van der Waals surface area contributed by atoms with E-state index in [0.29, 0.717) is 0 Å². The first-order valence-electron chi connectivity index (χ1n) is 20.7. The Hall–Kier alpha value is -6.64. The topological polar surface area (TPSA) is 9.86 Å². The van der Waals surface area contributed by atoms with Crippen LogP contribution < -0.4 is 0 Å². The number of aryl methyl sites for hydroxylation is 2. The molecule has 57 heavy (non-hydrogen) atoms. The predicted molar refractivity (Wildman–Crippen MR) is 246 cm³/mol. The molecule has 274 valence electrons. The van der Waals surface area contributed by atoms with Gasteiger partial charge in [-0.05, 0) is 111 Å². The minimum atomic E-state index is 1.08. The monoisotopic (exact) mass is 732 g/mol. The van der Waals surface area contributed by atoms with Gasteiger partial charge in [0.2, 0.25) is 0 Å². The van der Waals surface area contributed by atoms with Crippen LogP contribution in [0.15, 0.2) is 170 Å². The molecular formula is C55H44N2. The van der Waals surface area contributed by atoms with Crippen molar-refractivity contribution in [3.63, 3.8) is 0 Å². The number of para-hydroxylation sites is 3. The van der Waals surface area contributed by atoms with E-state index in [0.717, 1.165) is 19.3 Å². The van der Waals surface area contributed by atoms with E-state index in [1.54, 1.807) is 0 Å². The molecule has 0 atom stereocenters. The average molecular weight is 733 g/mol. The van der Waals surface area contributed by atoms with E-state index >= 15 is 0 Å². The maximum Gasteiger partial charge on any atom is 0.0549 e. The highest BCUT2D eigenvalue weighted by Crippen LogP contribution is 2.44. The van der Waals surface area contributed by atoms with Crippen molar-refractivity contribution in [2.24, 2.45) is 0 Å². The van der Waals surface area contributed by atoms with E-state index < -0.39 is 0 Å². The Balaban J connectivity index is 1.18. The van der Waals surface area contributed by atoms with Gasteiger partial charge in [-0.3, -0.25) is 0 Å². The van der Waals surface area contributed by atoms with Gasteiger partial charge in [0, 0.05) is 32.8 Å². The largest absolute Gasteiger partial charge is 0.309 e. The van der Waals surface area contributed by atoms with Crippen molar-refractivity contribution in [1.82, 2.24) is 9.13 Å². The molecule has 0 saturated carbocycles. The molecular weight excluding hydrogens is 689 g/mol. The lowest BCUT2D eigenvalue weighted by Crippen LogP contribution is -1.98. The maximum absolute atomic E-state index is 2.50. The minimum Gasteiger partial charge on any atom is -0.309 e. The first-order chi connectivity index (χ1) is 28.2. The molecule has 2 heteroatoms. The molecule has 0 N–H and O–H groups in total. The van der Waals surface area contributed by atoms with Gasteiger partial charge in [-0.2, -0.15) is 0 Å². The van der Waals surface area contributed by atoms with Crippen LogP contribution in [-0.4, -0.2) is 9.13 Å². The van der Waals surface area contributed by atoms with Gasteiger partial charge in [-0.25, -0.2) is 0 Å². The zero-order valence-corrected chi connectivity index (χ0v) is 32.6. The van der Waals surface area contributed by atoms with Crippen LogP contribution in [0.25, 0.3) is 98.4 Å². The van der Waals surface area contributed by atoms with E-state index in [9.17, 15) is 0 Å². The lowest BCUT2D eigenvalue weighted by atomic mass is 9.92. The Labute approximate surface area is 333 Å². The second-order valence-corrected chi connectivity index (χ2v) is 15.8. The second-order valence-electron chi connectivity index (χ2n) is 15.8. The number of hydrogen-bond acceptors (Lipinski definition) is 0. The number of unbranched alkanes of at least 4 members (excludes halogenated alkanes) is 1. The third-order valence-corrected chi connectivity index (χ3v) is 12.4. The molecule has 0 spiro atoms. The van der Waals surface area contributed by atoms with Crippen molar-refractivity contribution in [2.45, 2.75) is 46.0 Å².